The van der Waals surface area contributed by atoms with Crippen LogP contribution in [0.25, 0.3) is 0 Å². The third-order valence-corrected chi connectivity index (χ3v) is 5.54. The molecule has 1 fully saturated rings. The van der Waals surface area contributed by atoms with Gasteiger partial charge in [0.15, 0.2) is 0 Å². The molecule has 4 rings (SSSR count). The Kier molecular flexibility index (Phi) is 4.92. The molecule has 2 aromatic carbocycles. The van der Waals surface area contributed by atoms with Crippen molar-refractivity contribution < 1.29 is 14.0 Å². The number of carbonyl (C=O) groups is 2. The average Bonchev–Trinajstić information content (AvgIpc) is 2.70. The van der Waals surface area contributed by atoms with Gasteiger partial charge in [0, 0.05) is 18.7 Å². The van der Waals surface area contributed by atoms with Crippen molar-refractivity contribution in [1.82, 2.24) is 4.90 Å². The number of piperidine rings is 1. The zero-order chi connectivity index (χ0) is 18.8. The number of benzene rings is 2. The first-order valence-electron chi connectivity index (χ1n) is 9.57. The monoisotopic (exact) mass is 366 g/mol. The van der Waals surface area contributed by atoms with Crippen molar-refractivity contribution in [2.75, 3.05) is 18.0 Å². The minimum absolute atomic E-state index is 0.0126. The molecule has 0 N–H and O–H groups in total. The molecule has 0 spiro atoms. The quantitative estimate of drug-likeness (QED) is 0.828. The standard InChI is InChI=1S/C22H23FN2O2/c23-18-8-5-7-17(14-18)20-10-3-4-13-24(20)22(27)15-25-19-9-2-1-6-16(19)11-12-21(25)26/h1-2,5-9,14,20H,3-4,10-13,15H2/t20-/m1/s1. The predicted octanol–water partition coefficient (Wildman–Crippen LogP) is 3.86. The maximum atomic E-state index is 13.7. The second-order valence-electron chi connectivity index (χ2n) is 7.26. The van der Waals surface area contributed by atoms with E-state index in [1.165, 1.54) is 12.1 Å². The molecule has 0 unspecified atom stereocenters. The smallest absolute Gasteiger partial charge is 0.243 e. The highest BCUT2D eigenvalue weighted by Gasteiger charge is 2.32. The van der Waals surface area contributed by atoms with Crippen LogP contribution >= 0.6 is 0 Å². The SMILES string of the molecule is O=C1CCc2ccccc2N1CC(=O)N1CCCC[C@@H]1c1cccc(F)c1. The zero-order valence-electron chi connectivity index (χ0n) is 15.2. The van der Waals surface area contributed by atoms with E-state index in [0.29, 0.717) is 13.0 Å². The Morgan fingerprint density at radius 2 is 1.93 bits per heavy atom. The number of carbonyl (C=O) groups excluding carboxylic acids is 2. The van der Waals surface area contributed by atoms with Gasteiger partial charge in [-0.1, -0.05) is 30.3 Å². The number of rotatable bonds is 3. The molecule has 2 heterocycles. The van der Waals surface area contributed by atoms with Crippen LogP contribution in [-0.4, -0.2) is 29.8 Å². The summed E-state index contributed by atoms with van der Waals surface area (Å²) in [6, 6.07) is 14.1. The first kappa shape index (κ1) is 17.7. The van der Waals surface area contributed by atoms with Gasteiger partial charge in [-0.3, -0.25) is 9.59 Å². The summed E-state index contributed by atoms with van der Waals surface area (Å²) in [5.74, 6) is -0.374. The summed E-state index contributed by atoms with van der Waals surface area (Å²) in [7, 11) is 0. The van der Waals surface area contributed by atoms with Crippen LogP contribution in [-0.2, 0) is 16.0 Å². The highest BCUT2D eigenvalue weighted by Crippen LogP contribution is 2.32. The largest absolute Gasteiger partial charge is 0.334 e. The lowest BCUT2D eigenvalue weighted by atomic mass is 9.95. The fourth-order valence-electron chi connectivity index (χ4n) is 4.19. The van der Waals surface area contributed by atoms with Gasteiger partial charge in [-0.25, -0.2) is 4.39 Å². The van der Waals surface area contributed by atoms with Crippen LogP contribution in [0.1, 0.15) is 42.9 Å². The first-order valence-corrected chi connectivity index (χ1v) is 9.57. The Morgan fingerprint density at radius 3 is 2.78 bits per heavy atom. The van der Waals surface area contributed by atoms with Gasteiger partial charge < -0.3 is 9.80 Å². The minimum atomic E-state index is -0.286. The summed E-state index contributed by atoms with van der Waals surface area (Å²) in [6.07, 6.45) is 3.91. The lowest BCUT2D eigenvalue weighted by molar-refractivity contribution is -0.135. The van der Waals surface area contributed by atoms with Crippen molar-refractivity contribution in [3.05, 3.63) is 65.5 Å². The molecular formula is C22H23FN2O2. The van der Waals surface area contributed by atoms with Gasteiger partial charge in [0.1, 0.15) is 12.4 Å². The maximum absolute atomic E-state index is 13.7. The Morgan fingerprint density at radius 1 is 1.07 bits per heavy atom. The van der Waals surface area contributed by atoms with E-state index in [-0.39, 0.29) is 30.2 Å². The predicted molar refractivity (Wildman–Crippen MR) is 102 cm³/mol. The van der Waals surface area contributed by atoms with Crippen LogP contribution in [0.4, 0.5) is 10.1 Å². The molecular weight excluding hydrogens is 343 g/mol. The summed E-state index contributed by atoms with van der Waals surface area (Å²) < 4.78 is 13.7. The molecule has 2 aliphatic rings. The minimum Gasteiger partial charge on any atom is -0.334 e. The molecule has 27 heavy (non-hydrogen) atoms. The fourth-order valence-corrected chi connectivity index (χ4v) is 4.19. The number of hydrogen-bond donors (Lipinski definition) is 0. The van der Waals surface area contributed by atoms with Crippen LogP contribution < -0.4 is 4.90 Å². The zero-order valence-corrected chi connectivity index (χ0v) is 15.2. The van der Waals surface area contributed by atoms with Crippen molar-refractivity contribution >= 4 is 17.5 Å². The average molecular weight is 366 g/mol. The van der Waals surface area contributed by atoms with Gasteiger partial charge in [-0.2, -0.15) is 0 Å². The highest BCUT2D eigenvalue weighted by atomic mass is 19.1. The maximum Gasteiger partial charge on any atom is 0.243 e. The summed E-state index contributed by atoms with van der Waals surface area (Å²) >= 11 is 0. The number of anilines is 1. The third-order valence-electron chi connectivity index (χ3n) is 5.54. The normalized spacial score (nSPS) is 19.7. The van der Waals surface area contributed by atoms with Crippen molar-refractivity contribution in [2.45, 2.75) is 38.1 Å². The summed E-state index contributed by atoms with van der Waals surface area (Å²) in [5.41, 5.74) is 2.76. The van der Waals surface area contributed by atoms with Crippen molar-refractivity contribution in [1.29, 1.82) is 0 Å². The molecule has 0 aromatic heterocycles. The molecule has 1 atom stereocenters. The molecule has 0 aliphatic carbocycles. The number of aryl methyl sites for hydroxylation is 1. The van der Waals surface area contributed by atoms with Crippen LogP contribution in [0.3, 0.4) is 0 Å². The summed E-state index contributed by atoms with van der Waals surface area (Å²) in [6.45, 7) is 0.686. The number of para-hydroxylation sites is 1. The van der Waals surface area contributed by atoms with E-state index in [9.17, 15) is 14.0 Å². The van der Waals surface area contributed by atoms with Crippen molar-refractivity contribution in [3.63, 3.8) is 0 Å². The molecule has 2 amide bonds. The van der Waals surface area contributed by atoms with E-state index < -0.39 is 0 Å². The number of amides is 2. The molecule has 2 aliphatic heterocycles. The lowest BCUT2D eigenvalue weighted by Gasteiger charge is -2.38. The van der Waals surface area contributed by atoms with Crippen LogP contribution in [0, 0.1) is 5.82 Å². The fraction of sp³-hybridized carbons (Fsp3) is 0.364. The Bertz CT molecular complexity index is 867. The van der Waals surface area contributed by atoms with Gasteiger partial charge in [0.2, 0.25) is 11.8 Å². The van der Waals surface area contributed by atoms with Crippen molar-refractivity contribution in [2.24, 2.45) is 0 Å². The molecule has 0 saturated carbocycles. The molecule has 1 saturated heterocycles. The first-order chi connectivity index (χ1) is 13.1. The molecule has 0 bridgehead atoms. The van der Waals surface area contributed by atoms with Crippen LogP contribution in [0.5, 0.6) is 0 Å². The van der Waals surface area contributed by atoms with E-state index in [1.54, 1.807) is 11.0 Å². The van der Waals surface area contributed by atoms with Crippen molar-refractivity contribution in [3.8, 4) is 0 Å². The van der Waals surface area contributed by atoms with Crippen LogP contribution in [0.15, 0.2) is 48.5 Å². The lowest BCUT2D eigenvalue weighted by Crippen LogP contribution is -2.47. The van der Waals surface area contributed by atoms with Gasteiger partial charge in [-0.05, 0) is 55.0 Å². The van der Waals surface area contributed by atoms with E-state index in [4.69, 9.17) is 0 Å². The number of hydrogen-bond acceptors (Lipinski definition) is 2. The molecule has 2 aromatic rings. The number of fused-ring (bicyclic) bond motifs is 1. The number of halogens is 1. The Hall–Kier alpha value is -2.69. The number of likely N-dealkylation sites (tertiary alicyclic amines) is 1. The van der Waals surface area contributed by atoms with E-state index in [2.05, 4.69) is 0 Å². The molecule has 5 heteroatoms. The Labute approximate surface area is 158 Å². The molecule has 0 radical (unpaired) electrons. The second-order valence-corrected chi connectivity index (χ2v) is 7.26. The topological polar surface area (TPSA) is 40.6 Å². The van der Waals surface area contributed by atoms with E-state index in [0.717, 1.165) is 42.5 Å². The van der Waals surface area contributed by atoms with Gasteiger partial charge in [0.25, 0.3) is 0 Å². The Balaban J connectivity index is 1.57. The molecule has 140 valence electrons. The van der Waals surface area contributed by atoms with Gasteiger partial charge in [-0.15, -0.1) is 0 Å². The second kappa shape index (κ2) is 7.51. The van der Waals surface area contributed by atoms with Gasteiger partial charge >= 0.3 is 0 Å². The molecule has 4 nitrogen and oxygen atoms in total. The van der Waals surface area contributed by atoms with Crippen LogP contribution in [0.2, 0.25) is 0 Å². The van der Waals surface area contributed by atoms with Gasteiger partial charge in [0.05, 0.1) is 6.04 Å². The highest BCUT2D eigenvalue weighted by molar-refractivity contribution is 6.01. The summed E-state index contributed by atoms with van der Waals surface area (Å²) in [5, 5.41) is 0. The summed E-state index contributed by atoms with van der Waals surface area (Å²) in [4.78, 5) is 29.0. The number of nitrogens with zero attached hydrogens (tertiary/aromatic N) is 2. The van der Waals surface area contributed by atoms with E-state index in [1.807, 2.05) is 35.2 Å². The van der Waals surface area contributed by atoms with E-state index >= 15 is 0 Å². The third kappa shape index (κ3) is 3.59.